The van der Waals surface area contributed by atoms with E-state index >= 15 is 0 Å². The van der Waals surface area contributed by atoms with E-state index in [1.807, 2.05) is 13.8 Å². The Labute approximate surface area is 161 Å². The van der Waals surface area contributed by atoms with Gasteiger partial charge in [-0.05, 0) is 44.2 Å². The second kappa shape index (κ2) is 6.42. The first-order valence-corrected chi connectivity index (χ1v) is 10.3. The summed E-state index contributed by atoms with van der Waals surface area (Å²) < 4.78 is 29.4. The first-order valence-electron chi connectivity index (χ1n) is 8.79. The Morgan fingerprint density at radius 2 is 1.86 bits per heavy atom. The molecular weight excluding hydrogens is 376 g/mol. The number of nitrogen functional groups attached to an aromatic ring is 1. The fourth-order valence-electron chi connectivity index (χ4n) is 3.25. The maximum Gasteiger partial charge on any atom is 0.278 e. The van der Waals surface area contributed by atoms with Crippen LogP contribution in [0, 0.1) is 6.92 Å². The van der Waals surface area contributed by atoms with Crippen molar-refractivity contribution in [3.8, 4) is 0 Å². The molecule has 0 fully saturated rings. The summed E-state index contributed by atoms with van der Waals surface area (Å²) in [6, 6.07) is 13.1. The number of sulfone groups is 1. The van der Waals surface area contributed by atoms with Gasteiger partial charge in [0.2, 0.25) is 21.3 Å². The molecule has 0 spiro atoms. The number of hydrogen-bond donors (Lipinski definition) is 1. The van der Waals surface area contributed by atoms with Crippen LogP contribution in [-0.2, 0) is 16.4 Å². The number of rotatable bonds is 3. The van der Waals surface area contributed by atoms with Crippen molar-refractivity contribution in [3.63, 3.8) is 0 Å². The molecule has 0 radical (unpaired) electrons. The first-order chi connectivity index (χ1) is 13.3. The monoisotopic (exact) mass is 395 g/mol. The van der Waals surface area contributed by atoms with Gasteiger partial charge in [0.15, 0.2) is 0 Å². The summed E-state index contributed by atoms with van der Waals surface area (Å²) in [6.07, 6.45) is 1.60. The molecule has 0 aliphatic carbocycles. The van der Waals surface area contributed by atoms with Gasteiger partial charge in [0.05, 0.1) is 11.4 Å². The molecule has 0 aliphatic heterocycles. The number of fused-ring (bicyclic) bond motifs is 2. The standard InChI is InChI=1S/C20H18N4O3S/c1-3-23-18(21)16(28(26,27)14-9-7-13(2)8-10-14)12-15-19(23)22-17-6-4-5-11-24(17)20(15)25/h4-12,21H,3H2,1-2H3/p+1. The number of hydrogen-bond acceptors (Lipinski definition) is 5. The Balaban J connectivity index is 2.12. The van der Waals surface area contributed by atoms with Gasteiger partial charge in [-0.1, -0.05) is 28.7 Å². The maximum absolute atomic E-state index is 13.2. The lowest BCUT2D eigenvalue weighted by Crippen LogP contribution is -2.40. The Morgan fingerprint density at radius 3 is 2.54 bits per heavy atom. The number of nitrogens with two attached hydrogens (primary N) is 1. The highest BCUT2D eigenvalue weighted by molar-refractivity contribution is 7.91. The molecule has 28 heavy (non-hydrogen) atoms. The zero-order valence-corrected chi connectivity index (χ0v) is 16.3. The Kier molecular flexibility index (Phi) is 4.15. The molecule has 0 saturated heterocycles. The summed E-state index contributed by atoms with van der Waals surface area (Å²) in [5.74, 6) is 0.0581. The van der Waals surface area contributed by atoms with E-state index in [2.05, 4.69) is 4.98 Å². The molecule has 0 unspecified atom stereocenters. The van der Waals surface area contributed by atoms with Crippen molar-refractivity contribution in [2.45, 2.75) is 30.2 Å². The predicted molar refractivity (Wildman–Crippen MR) is 106 cm³/mol. The van der Waals surface area contributed by atoms with Crippen LogP contribution in [-0.4, -0.2) is 17.8 Å². The van der Waals surface area contributed by atoms with Gasteiger partial charge in [0, 0.05) is 6.20 Å². The third-order valence-corrected chi connectivity index (χ3v) is 6.56. The number of nitrogens with zero attached hydrogens (tertiary/aromatic N) is 3. The summed E-state index contributed by atoms with van der Waals surface area (Å²) in [5, 5.41) is 0.199. The van der Waals surface area contributed by atoms with Crippen LogP contribution in [0.5, 0.6) is 0 Å². The predicted octanol–water partition coefficient (Wildman–Crippen LogP) is 1.88. The molecule has 4 rings (SSSR count). The normalized spacial score (nSPS) is 11.9. The maximum atomic E-state index is 13.2. The smallest absolute Gasteiger partial charge is 0.278 e. The Hall–Kier alpha value is -3.26. The Morgan fingerprint density at radius 1 is 1.14 bits per heavy atom. The lowest BCUT2D eigenvalue weighted by Gasteiger charge is -2.11. The number of benzene rings is 1. The molecular formula is C20H19N4O3S+. The SMILES string of the molecule is CC[n+]1c(N)c(S(=O)(=O)c2ccc(C)cc2)cc2c(=O)n3ccccc3nc21. The van der Waals surface area contributed by atoms with Crippen LogP contribution < -0.4 is 15.9 Å². The van der Waals surface area contributed by atoms with E-state index in [1.54, 1.807) is 41.1 Å². The number of anilines is 1. The van der Waals surface area contributed by atoms with Gasteiger partial charge in [-0.15, -0.1) is 0 Å². The van der Waals surface area contributed by atoms with Gasteiger partial charge in [0.25, 0.3) is 11.2 Å². The van der Waals surface area contributed by atoms with E-state index in [1.165, 1.54) is 22.6 Å². The van der Waals surface area contributed by atoms with E-state index in [-0.39, 0.29) is 26.6 Å². The molecule has 142 valence electrons. The van der Waals surface area contributed by atoms with Crippen molar-refractivity contribution in [2.75, 3.05) is 5.73 Å². The molecule has 3 heterocycles. The minimum atomic E-state index is -3.90. The summed E-state index contributed by atoms with van der Waals surface area (Å²) in [7, 11) is -3.90. The highest BCUT2D eigenvalue weighted by atomic mass is 32.2. The molecule has 3 aromatic heterocycles. The molecule has 7 nitrogen and oxygen atoms in total. The highest BCUT2D eigenvalue weighted by Gasteiger charge is 2.28. The summed E-state index contributed by atoms with van der Waals surface area (Å²) in [4.78, 5) is 17.6. The van der Waals surface area contributed by atoms with Crippen molar-refractivity contribution >= 4 is 32.3 Å². The van der Waals surface area contributed by atoms with E-state index in [0.717, 1.165) is 5.56 Å². The lowest BCUT2D eigenvalue weighted by atomic mass is 10.2. The fourth-order valence-corrected chi connectivity index (χ4v) is 4.66. The number of aromatic nitrogens is 3. The first kappa shape index (κ1) is 18.1. The largest absolute Gasteiger partial charge is 0.317 e. The molecule has 0 atom stereocenters. The van der Waals surface area contributed by atoms with E-state index < -0.39 is 9.84 Å². The van der Waals surface area contributed by atoms with Crippen molar-refractivity contribution in [3.05, 3.63) is 70.6 Å². The minimum Gasteiger partial charge on any atom is -0.317 e. The van der Waals surface area contributed by atoms with Gasteiger partial charge >= 0.3 is 0 Å². The van der Waals surface area contributed by atoms with Crippen LogP contribution >= 0.6 is 0 Å². The second-order valence-corrected chi connectivity index (χ2v) is 8.46. The van der Waals surface area contributed by atoms with Crippen molar-refractivity contribution < 1.29 is 13.0 Å². The highest BCUT2D eigenvalue weighted by Crippen LogP contribution is 2.26. The molecule has 0 bridgehead atoms. The van der Waals surface area contributed by atoms with Crippen LogP contribution in [0.4, 0.5) is 5.82 Å². The van der Waals surface area contributed by atoms with E-state index in [0.29, 0.717) is 17.8 Å². The fraction of sp³-hybridized carbons (Fsp3) is 0.150. The van der Waals surface area contributed by atoms with Gasteiger partial charge in [-0.25, -0.2) is 13.0 Å². The summed E-state index contributed by atoms with van der Waals surface area (Å²) in [5.41, 5.74) is 7.67. The third kappa shape index (κ3) is 2.65. The molecule has 8 heteroatoms. The zero-order valence-electron chi connectivity index (χ0n) is 15.5. The lowest BCUT2D eigenvalue weighted by molar-refractivity contribution is -0.656. The van der Waals surface area contributed by atoms with Crippen molar-refractivity contribution in [1.29, 1.82) is 0 Å². The number of pyridine rings is 2. The molecule has 0 amide bonds. The van der Waals surface area contributed by atoms with Crippen LogP contribution in [0.2, 0.25) is 0 Å². The molecule has 2 N–H and O–H groups in total. The van der Waals surface area contributed by atoms with Crippen LogP contribution in [0.3, 0.4) is 0 Å². The number of aryl methyl sites for hydroxylation is 2. The van der Waals surface area contributed by atoms with Gasteiger partial charge in [-0.3, -0.25) is 9.20 Å². The summed E-state index contributed by atoms with van der Waals surface area (Å²) >= 11 is 0. The van der Waals surface area contributed by atoms with Crippen LogP contribution in [0.15, 0.2) is 69.3 Å². The average Bonchev–Trinajstić information content (AvgIpc) is 2.68. The van der Waals surface area contributed by atoms with Crippen LogP contribution in [0.25, 0.3) is 16.7 Å². The van der Waals surface area contributed by atoms with E-state index in [4.69, 9.17) is 5.73 Å². The molecule has 0 saturated carbocycles. The van der Waals surface area contributed by atoms with Crippen molar-refractivity contribution in [2.24, 2.45) is 0 Å². The van der Waals surface area contributed by atoms with Gasteiger partial charge in [0.1, 0.15) is 10.3 Å². The quantitative estimate of drug-likeness (QED) is 0.422. The van der Waals surface area contributed by atoms with E-state index in [9.17, 15) is 13.2 Å². The van der Waals surface area contributed by atoms with Crippen molar-refractivity contribution in [1.82, 2.24) is 9.38 Å². The average molecular weight is 395 g/mol. The topological polar surface area (TPSA) is 98.4 Å². The zero-order chi connectivity index (χ0) is 20.1. The van der Waals surface area contributed by atoms with Crippen LogP contribution in [0.1, 0.15) is 12.5 Å². The third-order valence-electron chi connectivity index (χ3n) is 4.76. The summed E-state index contributed by atoms with van der Waals surface area (Å²) in [6.45, 7) is 4.07. The second-order valence-electron chi connectivity index (χ2n) is 6.54. The van der Waals surface area contributed by atoms with Gasteiger partial charge < -0.3 is 5.73 Å². The van der Waals surface area contributed by atoms with Gasteiger partial charge in [-0.2, -0.15) is 0 Å². The molecule has 1 aromatic carbocycles. The minimum absolute atomic E-state index is 0.0581. The Bertz CT molecular complexity index is 1390. The molecule has 4 aromatic rings. The molecule has 0 aliphatic rings.